The van der Waals surface area contributed by atoms with Gasteiger partial charge in [-0.1, -0.05) is 0 Å². The van der Waals surface area contributed by atoms with E-state index in [1.165, 1.54) is 6.92 Å². The number of primary amides is 1. The van der Waals surface area contributed by atoms with E-state index in [2.05, 4.69) is 0 Å². The van der Waals surface area contributed by atoms with E-state index in [4.69, 9.17) is 32.5 Å². The van der Waals surface area contributed by atoms with Gasteiger partial charge in [0.25, 0.3) is 0 Å². The zero-order valence-corrected chi connectivity index (χ0v) is 9.94. The second-order valence-electron chi connectivity index (χ2n) is 3.55. The van der Waals surface area contributed by atoms with Crippen molar-refractivity contribution in [2.45, 2.75) is 38.0 Å². The first-order valence-electron chi connectivity index (χ1n) is 5.02. The summed E-state index contributed by atoms with van der Waals surface area (Å²) in [6, 6.07) is -2.14. The van der Waals surface area contributed by atoms with Gasteiger partial charge in [-0.2, -0.15) is 0 Å². The normalized spacial score (nSPS) is 14.7. The summed E-state index contributed by atoms with van der Waals surface area (Å²) < 4.78 is 0. The number of aliphatic carboxylic acids is 2. The average Bonchev–Trinajstić information content (AvgIpc) is 2.24. The number of rotatable bonds is 6. The van der Waals surface area contributed by atoms with Gasteiger partial charge in [-0.05, 0) is 13.3 Å². The molecule has 0 bridgehead atoms. The van der Waals surface area contributed by atoms with Crippen LogP contribution in [-0.2, 0) is 14.4 Å². The van der Waals surface area contributed by atoms with Crippen molar-refractivity contribution < 1.29 is 29.7 Å². The molecule has 0 aromatic rings. The molecule has 0 aliphatic rings. The minimum Gasteiger partial charge on any atom is -0.480 e. The Bertz CT molecular complexity index is 294. The van der Waals surface area contributed by atoms with Gasteiger partial charge in [0.2, 0.25) is 5.91 Å². The lowest BCUT2D eigenvalue weighted by molar-refractivity contribution is -0.141. The van der Waals surface area contributed by atoms with E-state index in [0.29, 0.717) is 0 Å². The van der Waals surface area contributed by atoms with Crippen LogP contribution in [0.5, 0.6) is 0 Å². The quantitative estimate of drug-likeness (QED) is 0.302. The van der Waals surface area contributed by atoms with Crippen LogP contribution < -0.4 is 17.2 Å². The molecule has 9 nitrogen and oxygen atoms in total. The fourth-order valence-electron chi connectivity index (χ4n) is 0.628. The predicted molar refractivity (Wildman–Crippen MR) is 61.3 cm³/mol. The Kier molecular flexibility index (Phi) is 9.67. The van der Waals surface area contributed by atoms with Crippen LogP contribution in [0.4, 0.5) is 0 Å². The smallest absolute Gasteiger partial charge is 0.323 e. The molecule has 1 unspecified atom stereocenters. The average molecular weight is 265 g/mol. The predicted octanol–water partition coefficient (Wildman–Crippen LogP) is -2.56. The number of carboxylic acid groups (broad SMARTS) is 2. The van der Waals surface area contributed by atoms with Gasteiger partial charge in [-0.15, -0.1) is 0 Å². The molecule has 0 saturated heterocycles. The molecule has 18 heavy (non-hydrogen) atoms. The van der Waals surface area contributed by atoms with E-state index in [1.54, 1.807) is 0 Å². The van der Waals surface area contributed by atoms with E-state index in [0.717, 1.165) is 0 Å². The fourth-order valence-corrected chi connectivity index (χ4v) is 0.628. The van der Waals surface area contributed by atoms with E-state index in [-0.39, 0.29) is 12.8 Å². The Balaban J connectivity index is 0. The zero-order valence-electron chi connectivity index (χ0n) is 9.94. The minimum absolute atomic E-state index is 0.0213. The summed E-state index contributed by atoms with van der Waals surface area (Å²) in [6.07, 6.45) is -0.856. The number of hydrogen-bond acceptors (Lipinski definition) is 6. The van der Waals surface area contributed by atoms with Crippen LogP contribution in [0.3, 0.4) is 0 Å². The third kappa shape index (κ3) is 10.8. The Morgan fingerprint density at radius 2 is 1.56 bits per heavy atom. The summed E-state index contributed by atoms with van der Waals surface area (Å²) in [5.74, 6) is -2.82. The number of aliphatic hydroxyl groups is 1. The van der Waals surface area contributed by atoms with Crippen molar-refractivity contribution >= 4 is 17.8 Å². The molecule has 0 radical (unpaired) electrons. The molecule has 0 aliphatic heterocycles. The molecule has 106 valence electrons. The maximum Gasteiger partial charge on any atom is 0.323 e. The number of nitrogens with two attached hydrogens (primary N) is 3. The van der Waals surface area contributed by atoms with Crippen molar-refractivity contribution in [3.05, 3.63) is 0 Å². The number of amides is 1. The van der Waals surface area contributed by atoms with Crippen LogP contribution in [0.15, 0.2) is 0 Å². The largest absolute Gasteiger partial charge is 0.480 e. The minimum atomic E-state index is -1.18. The second kappa shape index (κ2) is 9.33. The highest BCUT2D eigenvalue weighted by molar-refractivity contribution is 5.77. The summed E-state index contributed by atoms with van der Waals surface area (Å²) in [7, 11) is 0. The number of carbonyl (C=O) groups excluding carboxylic acids is 1. The van der Waals surface area contributed by atoms with Gasteiger partial charge in [-0.3, -0.25) is 14.4 Å². The molecular weight excluding hydrogens is 246 g/mol. The summed E-state index contributed by atoms with van der Waals surface area (Å²) in [5.41, 5.74) is 14.7. The molecule has 0 rings (SSSR count). The number of carboxylic acids is 2. The van der Waals surface area contributed by atoms with Crippen LogP contribution in [0, 0.1) is 0 Å². The van der Waals surface area contributed by atoms with E-state index >= 15 is 0 Å². The number of aliphatic hydroxyl groups excluding tert-OH is 1. The molecule has 1 amide bonds. The SMILES string of the molecule is CC(O)[C@H](N)C(=O)O.NC(=O)CC[C@H](N)C(=O)O. The van der Waals surface area contributed by atoms with E-state index in [1.807, 2.05) is 0 Å². The highest BCUT2D eigenvalue weighted by Gasteiger charge is 2.16. The van der Waals surface area contributed by atoms with Crippen molar-refractivity contribution in [3.8, 4) is 0 Å². The van der Waals surface area contributed by atoms with Gasteiger partial charge in [0.1, 0.15) is 12.1 Å². The summed E-state index contributed by atoms with van der Waals surface area (Å²) in [4.78, 5) is 30.0. The molecule has 9 N–H and O–H groups in total. The molecule has 0 aromatic carbocycles. The molecule has 0 aromatic heterocycles. The van der Waals surface area contributed by atoms with Gasteiger partial charge < -0.3 is 32.5 Å². The Morgan fingerprint density at radius 3 is 1.72 bits per heavy atom. The molecule has 0 spiro atoms. The summed E-state index contributed by atoms with van der Waals surface area (Å²) in [5, 5.41) is 24.8. The first-order valence-corrected chi connectivity index (χ1v) is 5.02. The van der Waals surface area contributed by atoms with Crippen molar-refractivity contribution in [2.75, 3.05) is 0 Å². The fraction of sp³-hybridized carbons (Fsp3) is 0.667. The lowest BCUT2D eigenvalue weighted by Gasteiger charge is -2.06. The lowest BCUT2D eigenvalue weighted by atomic mass is 10.2. The third-order valence-electron chi connectivity index (χ3n) is 1.82. The van der Waals surface area contributed by atoms with Gasteiger partial charge in [-0.25, -0.2) is 0 Å². The van der Waals surface area contributed by atoms with Gasteiger partial charge in [0, 0.05) is 6.42 Å². The Labute approximate surface area is 104 Å². The molecule has 0 aliphatic carbocycles. The Morgan fingerprint density at radius 1 is 1.11 bits per heavy atom. The van der Waals surface area contributed by atoms with Crippen molar-refractivity contribution in [3.63, 3.8) is 0 Å². The van der Waals surface area contributed by atoms with Crippen LogP contribution in [0.2, 0.25) is 0 Å². The van der Waals surface area contributed by atoms with Gasteiger partial charge in [0.05, 0.1) is 6.10 Å². The van der Waals surface area contributed by atoms with Crippen molar-refractivity contribution in [2.24, 2.45) is 17.2 Å². The third-order valence-corrected chi connectivity index (χ3v) is 1.82. The van der Waals surface area contributed by atoms with Gasteiger partial charge >= 0.3 is 11.9 Å². The monoisotopic (exact) mass is 265 g/mol. The standard InChI is InChI=1S/C5H10N2O3.C4H9NO3/c6-3(5(9)10)1-2-4(7)8;1-2(6)3(5)4(7)8/h3H,1-2,6H2,(H2,7,8)(H,9,10);2-3,6H,5H2,1H3,(H,7,8)/t3-;2?,3-/m00/s1. The van der Waals surface area contributed by atoms with Crippen molar-refractivity contribution in [1.29, 1.82) is 0 Å². The zero-order chi connectivity index (χ0) is 14.9. The second-order valence-corrected chi connectivity index (χ2v) is 3.55. The van der Waals surface area contributed by atoms with Crippen LogP contribution in [0.25, 0.3) is 0 Å². The summed E-state index contributed by atoms with van der Waals surface area (Å²) in [6.45, 7) is 1.33. The van der Waals surface area contributed by atoms with Crippen LogP contribution >= 0.6 is 0 Å². The molecule has 0 fully saturated rings. The molecule has 0 saturated carbocycles. The molecule has 0 heterocycles. The van der Waals surface area contributed by atoms with Crippen LogP contribution in [0.1, 0.15) is 19.8 Å². The van der Waals surface area contributed by atoms with Gasteiger partial charge in [0.15, 0.2) is 0 Å². The highest BCUT2D eigenvalue weighted by atomic mass is 16.4. The maximum atomic E-state index is 10.1. The molecule has 3 atom stereocenters. The molecular formula is C9H19N3O6. The van der Waals surface area contributed by atoms with E-state index < -0.39 is 36.0 Å². The Hall–Kier alpha value is -1.71. The first-order chi connectivity index (χ1) is 8.09. The maximum absolute atomic E-state index is 10.1. The number of hydrogen-bond donors (Lipinski definition) is 6. The first kappa shape index (κ1) is 18.6. The number of carbonyl (C=O) groups is 3. The topological polar surface area (TPSA) is 190 Å². The molecule has 9 heteroatoms. The van der Waals surface area contributed by atoms with Crippen LogP contribution in [-0.4, -0.2) is 51.4 Å². The highest BCUT2D eigenvalue weighted by Crippen LogP contribution is 1.92. The summed E-state index contributed by atoms with van der Waals surface area (Å²) >= 11 is 0. The van der Waals surface area contributed by atoms with Crippen molar-refractivity contribution in [1.82, 2.24) is 0 Å². The van der Waals surface area contributed by atoms with E-state index in [9.17, 15) is 14.4 Å². The lowest BCUT2D eigenvalue weighted by Crippen LogP contribution is -2.39.